The second-order valence-electron chi connectivity index (χ2n) is 9.99. The van der Waals surface area contributed by atoms with Crippen LogP contribution in [0.5, 0.6) is 11.5 Å². The molecule has 2 saturated heterocycles. The highest BCUT2D eigenvalue weighted by Crippen LogP contribution is 2.53. The van der Waals surface area contributed by atoms with E-state index in [1.165, 1.54) is 5.56 Å². The number of ether oxygens (including phenoxy) is 4. The molecule has 2 aromatic carbocycles. The molecular weight excluding hydrogens is 442 g/mol. The van der Waals surface area contributed by atoms with E-state index in [9.17, 15) is 4.79 Å². The quantitative estimate of drug-likeness (QED) is 0.601. The molecule has 6 nitrogen and oxygen atoms in total. The number of fused-ring (bicyclic) bond motifs is 3. The third-order valence-electron chi connectivity index (χ3n) is 7.53. The van der Waals surface area contributed by atoms with Gasteiger partial charge in [0, 0.05) is 29.1 Å². The van der Waals surface area contributed by atoms with Crippen molar-refractivity contribution in [3.8, 4) is 11.5 Å². The smallest absolute Gasteiger partial charge is 0.231 e. The number of likely N-dealkylation sites (tertiary alicyclic amines) is 1. The predicted molar refractivity (Wildman–Crippen MR) is 123 cm³/mol. The summed E-state index contributed by atoms with van der Waals surface area (Å²) in [6.07, 6.45) is 2.86. The van der Waals surface area contributed by atoms with Gasteiger partial charge in [0.05, 0.1) is 12.2 Å². The van der Waals surface area contributed by atoms with Crippen LogP contribution < -0.4 is 9.47 Å². The van der Waals surface area contributed by atoms with E-state index in [1.807, 2.05) is 38.1 Å². The summed E-state index contributed by atoms with van der Waals surface area (Å²) in [5, 5.41) is 0.742. The number of aldehydes is 1. The van der Waals surface area contributed by atoms with Gasteiger partial charge in [-0.05, 0) is 74.5 Å². The van der Waals surface area contributed by atoms with Crippen LogP contribution in [0.25, 0.3) is 0 Å². The van der Waals surface area contributed by atoms with Crippen LogP contribution in [0, 0.1) is 5.92 Å². The standard InChI is InChI=1S/C26H28ClNO5/c1-26(2)32-22-9-16-7-8-28(12-15-3-5-18(27)6-4-15)24(16)23(25(22)33-26)19-11-21-20(30-14-31-21)10-17(19)13-29/h3-6,10-11,13,16,22-25H,7-9,12,14H2,1-2H3/t16-,22+,23+,24-,25+/m1/s1. The molecule has 0 unspecified atom stereocenters. The van der Waals surface area contributed by atoms with Gasteiger partial charge in [-0.3, -0.25) is 9.69 Å². The molecule has 0 bridgehead atoms. The highest BCUT2D eigenvalue weighted by atomic mass is 35.5. The van der Waals surface area contributed by atoms with E-state index in [2.05, 4.69) is 17.0 Å². The van der Waals surface area contributed by atoms with Gasteiger partial charge in [0.25, 0.3) is 0 Å². The van der Waals surface area contributed by atoms with E-state index in [4.69, 9.17) is 30.5 Å². The number of benzene rings is 2. The molecule has 1 aliphatic carbocycles. The normalized spacial score (nSPS) is 31.9. The summed E-state index contributed by atoms with van der Waals surface area (Å²) in [5.41, 5.74) is 2.82. The van der Waals surface area contributed by atoms with Crippen molar-refractivity contribution in [3.05, 3.63) is 58.1 Å². The second-order valence-corrected chi connectivity index (χ2v) is 10.4. The number of halogens is 1. The van der Waals surface area contributed by atoms with Crippen LogP contribution in [-0.4, -0.2) is 48.6 Å². The van der Waals surface area contributed by atoms with Gasteiger partial charge in [-0.15, -0.1) is 0 Å². The van der Waals surface area contributed by atoms with Crippen LogP contribution in [0.3, 0.4) is 0 Å². The van der Waals surface area contributed by atoms with E-state index in [1.54, 1.807) is 0 Å². The minimum Gasteiger partial charge on any atom is -0.454 e. The minimum atomic E-state index is -0.648. The van der Waals surface area contributed by atoms with Gasteiger partial charge in [0.2, 0.25) is 6.79 Å². The molecule has 0 aromatic heterocycles. The summed E-state index contributed by atoms with van der Waals surface area (Å²) in [5.74, 6) is 1.11. The predicted octanol–water partition coefficient (Wildman–Crippen LogP) is 4.78. The highest BCUT2D eigenvalue weighted by molar-refractivity contribution is 6.30. The zero-order valence-corrected chi connectivity index (χ0v) is 19.6. The second kappa shape index (κ2) is 7.98. The lowest BCUT2D eigenvalue weighted by molar-refractivity contribution is -0.147. The first-order valence-corrected chi connectivity index (χ1v) is 12.0. The molecular formula is C26H28ClNO5. The fourth-order valence-corrected chi connectivity index (χ4v) is 6.43. The SMILES string of the molecule is CC1(C)O[C@@H]2[C@@H](c3cc4c(cc3C=O)OCO4)[C@H]3[C@H](CCN3Cc3ccc(Cl)cc3)C[C@@H]2O1. The summed E-state index contributed by atoms with van der Waals surface area (Å²) in [4.78, 5) is 14.7. The maximum absolute atomic E-state index is 12.2. The average molecular weight is 470 g/mol. The Kier molecular flexibility index (Phi) is 5.18. The summed E-state index contributed by atoms with van der Waals surface area (Å²) >= 11 is 6.11. The summed E-state index contributed by atoms with van der Waals surface area (Å²) < 4.78 is 24.1. The first-order chi connectivity index (χ1) is 15.9. The molecule has 3 fully saturated rings. The van der Waals surface area contributed by atoms with Gasteiger partial charge in [0.15, 0.2) is 17.3 Å². The van der Waals surface area contributed by atoms with Crippen molar-refractivity contribution in [2.24, 2.45) is 5.92 Å². The third-order valence-corrected chi connectivity index (χ3v) is 7.79. The maximum Gasteiger partial charge on any atom is 0.231 e. The number of carbonyl (C=O) groups excluding carboxylic acids is 1. The van der Waals surface area contributed by atoms with E-state index in [-0.39, 0.29) is 31.0 Å². The maximum atomic E-state index is 12.2. The Balaban J connectivity index is 1.42. The first-order valence-electron chi connectivity index (χ1n) is 11.6. The van der Waals surface area contributed by atoms with E-state index in [0.717, 1.165) is 42.8 Å². The molecule has 4 aliphatic rings. The van der Waals surface area contributed by atoms with Crippen LogP contribution in [0.1, 0.15) is 54.1 Å². The van der Waals surface area contributed by atoms with Gasteiger partial charge in [-0.2, -0.15) is 0 Å². The average Bonchev–Trinajstić information content (AvgIpc) is 3.48. The van der Waals surface area contributed by atoms with Crippen LogP contribution in [-0.2, 0) is 16.0 Å². The Morgan fingerprint density at radius 1 is 1.12 bits per heavy atom. The van der Waals surface area contributed by atoms with Crippen molar-refractivity contribution in [2.45, 2.75) is 63.2 Å². The lowest BCUT2D eigenvalue weighted by Crippen LogP contribution is -2.50. The Bertz CT molecular complexity index is 1070. The summed E-state index contributed by atoms with van der Waals surface area (Å²) in [6, 6.07) is 12.1. The monoisotopic (exact) mass is 469 g/mol. The number of hydrogen-bond acceptors (Lipinski definition) is 6. The molecule has 3 heterocycles. The fraction of sp³-hybridized carbons (Fsp3) is 0.500. The molecule has 174 valence electrons. The van der Waals surface area contributed by atoms with Crippen LogP contribution in [0.2, 0.25) is 5.02 Å². The molecule has 5 atom stereocenters. The van der Waals surface area contributed by atoms with Crippen molar-refractivity contribution in [1.82, 2.24) is 4.90 Å². The van der Waals surface area contributed by atoms with E-state index in [0.29, 0.717) is 23.0 Å². The minimum absolute atomic E-state index is 0.00616. The molecule has 0 spiro atoms. The lowest BCUT2D eigenvalue weighted by atomic mass is 9.70. The van der Waals surface area contributed by atoms with Gasteiger partial charge in [-0.25, -0.2) is 0 Å². The zero-order valence-electron chi connectivity index (χ0n) is 18.8. The molecule has 0 N–H and O–H groups in total. The lowest BCUT2D eigenvalue weighted by Gasteiger charge is -2.44. The van der Waals surface area contributed by atoms with Gasteiger partial charge in [-0.1, -0.05) is 23.7 Å². The molecule has 7 heteroatoms. The molecule has 3 aliphatic heterocycles. The molecule has 33 heavy (non-hydrogen) atoms. The van der Waals surface area contributed by atoms with Crippen LogP contribution >= 0.6 is 11.6 Å². The van der Waals surface area contributed by atoms with Crippen molar-refractivity contribution < 1.29 is 23.7 Å². The fourth-order valence-electron chi connectivity index (χ4n) is 6.30. The largest absolute Gasteiger partial charge is 0.454 e. The van der Waals surface area contributed by atoms with Crippen molar-refractivity contribution in [3.63, 3.8) is 0 Å². The number of hydrogen-bond donors (Lipinski definition) is 0. The Hall–Kier alpha value is -2.12. The van der Waals surface area contributed by atoms with Crippen LogP contribution in [0.4, 0.5) is 0 Å². The topological polar surface area (TPSA) is 57.2 Å². The molecule has 2 aromatic rings. The van der Waals surface area contributed by atoms with E-state index < -0.39 is 5.79 Å². The molecule has 0 amide bonds. The Labute approximate surface area is 198 Å². The Morgan fingerprint density at radius 3 is 2.64 bits per heavy atom. The number of nitrogens with zero attached hydrogens (tertiary/aromatic N) is 1. The molecule has 0 radical (unpaired) electrons. The van der Waals surface area contributed by atoms with Gasteiger partial charge >= 0.3 is 0 Å². The third kappa shape index (κ3) is 3.73. The zero-order chi connectivity index (χ0) is 22.7. The highest BCUT2D eigenvalue weighted by Gasteiger charge is 2.57. The van der Waals surface area contributed by atoms with E-state index >= 15 is 0 Å². The number of rotatable bonds is 4. The number of carbonyl (C=O) groups is 1. The molecule has 6 rings (SSSR count). The summed E-state index contributed by atoms with van der Waals surface area (Å²) in [7, 11) is 0. The Morgan fingerprint density at radius 2 is 1.88 bits per heavy atom. The summed E-state index contributed by atoms with van der Waals surface area (Å²) in [6.45, 7) is 5.96. The van der Waals surface area contributed by atoms with Crippen molar-refractivity contribution in [2.75, 3.05) is 13.3 Å². The first kappa shape index (κ1) is 21.4. The van der Waals surface area contributed by atoms with Crippen LogP contribution in [0.15, 0.2) is 36.4 Å². The molecule has 1 saturated carbocycles. The van der Waals surface area contributed by atoms with Crippen molar-refractivity contribution >= 4 is 17.9 Å². The van der Waals surface area contributed by atoms with Gasteiger partial charge in [0.1, 0.15) is 6.29 Å². The van der Waals surface area contributed by atoms with Gasteiger partial charge < -0.3 is 18.9 Å². The van der Waals surface area contributed by atoms with Crippen molar-refractivity contribution in [1.29, 1.82) is 0 Å².